The monoisotopic (exact) mass is 291 g/mol. The quantitative estimate of drug-likeness (QED) is 0.812. The van der Waals surface area contributed by atoms with Crippen LogP contribution in [0.1, 0.15) is 42.8 Å². The molecule has 0 saturated heterocycles. The minimum atomic E-state index is 0.505. The third-order valence-corrected chi connectivity index (χ3v) is 4.54. The van der Waals surface area contributed by atoms with E-state index in [4.69, 9.17) is 4.52 Å². The van der Waals surface area contributed by atoms with E-state index in [-0.39, 0.29) is 0 Å². The van der Waals surface area contributed by atoms with Gasteiger partial charge in [-0.2, -0.15) is 4.98 Å². The molecule has 2 aromatic rings. The molecule has 1 unspecified atom stereocenters. The molecular weight excluding hydrogens is 270 g/mol. The summed E-state index contributed by atoms with van der Waals surface area (Å²) in [7, 11) is 0. The third kappa shape index (κ3) is 3.67. The molecule has 0 aromatic carbocycles. The van der Waals surface area contributed by atoms with Gasteiger partial charge < -0.3 is 9.84 Å². The third-order valence-electron chi connectivity index (χ3n) is 3.66. The fraction of sp³-hybridized carbons (Fsp3) is 0.600. The summed E-state index contributed by atoms with van der Waals surface area (Å²) >= 11 is 1.73. The zero-order valence-corrected chi connectivity index (χ0v) is 12.7. The van der Waals surface area contributed by atoms with Crippen molar-refractivity contribution in [2.24, 2.45) is 5.92 Å². The summed E-state index contributed by atoms with van der Waals surface area (Å²) in [4.78, 5) is 5.81. The maximum absolute atomic E-state index is 5.41. The molecule has 1 saturated carbocycles. The standard InChI is InChI=1S/C15H21N3OS/c1-2-7-16-13(11-5-6-11)10-15-17-14(18-19-15)9-12-4-3-8-20-12/h3-4,8,11,13,16H,2,5-7,9-10H2,1H3. The van der Waals surface area contributed by atoms with Gasteiger partial charge in [-0.05, 0) is 43.2 Å². The lowest BCUT2D eigenvalue weighted by Crippen LogP contribution is -2.33. The molecule has 1 fully saturated rings. The fourth-order valence-electron chi connectivity index (χ4n) is 2.44. The number of hydrogen-bond acceptors (Lipinski definition) is 5. The maximum Gasteiger partial charge on any atom is 0.228 e. The Morgan fingerprint density at radius 2 is 2.40 bits per heavy atom. The fourth-order valence-corrected chi connectivity index (χ4v) is 3.14. The molecule has 2 aromatic heterocycles. The average Bonchev–Trinajstić information content (AvgIpc) is 3.00. The highest BCUT2D eigenvalue weighted by atomic mass is 32.1. The van der Waals surface area contributed by atoms with E-state index in [2.05, 4.69) is 39.9 Å². The van der Waals surface area contributed by atoms with Crippen molar-refractivity contribution in [1.29, 1.82) is 0 Å². The molecule has 1 aliphatic carbocycles. The summed E-state index contributed by atoms with van der Waals surface area (Å²) in [6, 6.07) is 4.67. The van der Waals surface area contributed by atoms with E-state index < -0.39 is 0 Å². The van der Waals surface area contributed by atoms with Crippen LogP contribution >= 0.6 is 11.3 Å². The van der Waals surface area contributed by atoms with Gasteiger partial charge in [0.1, 0.15) is 0 Å². The second kappa shape index (κ2) is 6.50. The molecule has 0 bridgehead atoms. The molecule has 4 nitrogen and oxygen atoms in total. The number of aromatic nitrogens is 2. The summed E-state index contributed by atoms with van der Waals surface area (Å²) < 4.78 is 5.41. The summed E-state index contributed by atoms with van der Waals surface area (Å²) in [6.45, 7) is 3.26. The lowest BCUT2D eigenvalue weighted by atomic mass is 10.1. The lowest BCUT2D eigenvalue weighted by Gasteiger charge is -2.15. The van der Waals surface area contributed by atoms with Gasteiger partial charge in [0.15, 0.2) is 5.82 Å². The summed E-state index contributed by atoms with van der Waals surface area (Å²) in [6.07, 6.45) is 5.46. The zero-order valence-electron chi connectivity index (χ0n) is 11.8. The molecule has 108 valence electrons. The second-order valence-corrected chi connectivity index (χ2v) is 6.49. The Kier molecular flexibility index (Phi) is 4.47. The Morgan fingerprint density at radius 1 is 1.50 bits per heavy atom. The highest BCUT2D eigenvalue weighted by Crippen LogP contribution is 2.34. The molecule has 0 radical (unpaired) electrons. The number of nitrogens with one attached hydrogen (secondary N) is 1. The molecule has 20 heavy (non-hydrogen) atoms. The number of hydrogen-bond donors (Lipinski definition) is 1. The van der Waals surface area contributed by atoms with E-state index in [0.717, 1.165) is 43.4 Å². The molecule has 0 amide bonds. The molecule has 5 heteroatoms. The van der Waals surface area contributed by atoms with Gasteiger partial charge in [-0.25, -0.2) is 0 Å². The van der Waals surface area contributed by atoms with Crippen LogP contribution in [0.3, 0.4) is 0 Å². The van der Waals surface area contributed by atoms with Gasteiger partial charge in [0, 0.05) is 23.8 Å². The van der Waals surface area contributed by atoms with Crippen molar-refractivity contribution in [3.8, 4) is 0 Å². The van der Waals surface area contributed by atoms with Crippen LogP contribution < -0.4 is 5.32 Å². The Balaban J connectivity index is 1.58. The first-order chi connectivity index (χ1) is 9.85. The van der Waals surface area contributed by atoms with Crippen molar-refractivity contribution < 1.29 is 4.52 Å². The lowest BCUT2D eigenvalue weighted by molar-refractivity contribution is 0.343. The first kappa shape index (κ1) is 13.8. The molecular formula is C15H21N3OS. The molecule has 0 aliphatic heterocycles. The zero-order chi connectivity index (χ0) is 13.8. The SMILES string of the molecule is CCCNC(Cc1nc(Cc2cccs2)no1)C1CC1. The van der Waals surface area contributed by atoms with Crippen molar-refractivity contribution in [2.45, 2.75) is 45.1 Å². The van der Waals surface area contributed by atoms with Crippen LogP contribution in [-0.2, 0) is 12.8 Å². The van der Waals surface area contributed by atoms with Gasteiger partial charge in [-0.3, -0.25) is 0 Å². The van der Waals surface area contributed by atoms with Gasteiger partial charge >= 0.3 is 0 Å². The van der Waals surface area contributed by atoms with E-state index in [0.29, 0.717) is 6.04 Å². The smallest absolute Gasteiger partial charge is 0.228 e. The van der Waals surface area contributed by atoms with Crippen molar-refractivity contribution in [2.75, 3.05) is 6.54 Å². The highest BCUT2D eigenvalue weighted by Gasteiger charge is 2.32. The van der Waals surface area contributed by atoms with E-state index in [1.807, 2.05) is 0 Å². The Hall–Kier alpha value is -1.20. The molecule has 3 rings (SSSR count). The first-order valence-corrected chi connectivity index (χ1v) is 8.30. The van der Waals surface area contributed by atoms with Gasteiger partial charge in [-0.15, -0.1) is 11.3 Å². The van der Waals surface area contributed by atoms with Crippen molar-refractivity contribution in [3.05, 3.63) is 34.1 Å². The molecule has 1 atom stereocenters. The number of rotatable bonds is 8. The minimum absolute atomic E-state index is 0.505. The maximum atomic E-state index is 5.41. The summed E-state index contributed by atoms with van der Waals surface area (Å²) in [5.41, 5.74) is 0. The molecule has 0 spiro atoms. The van der Waals surface area contributed by atoms with Gasteiger partial charge in [0.25, 0.3) is 0 Å². The first-order valence-electron chi connectivity index (χ1n) is 7.42. The normalized spacial score (nSPS) is 16.4. The van der Waals surface area contributed by atoms with Gasteiger partial charge in [0.05, 0.1) is 0 Å². The summed E-state index contributed by atoms with van der Waals surface area (Å²) in [5.74, 6) is 2.37. The molecule has 1 N–H and O–H groups in total. The Bertz CT molecular complexity index is 519. The molecule has 2 heterocycles. The number of nitrogens with zero attached hydrogens (tertiary/aromatic N) is 2. The van der Waals surface area contributed by atoms with Crippen LogP contribution in [0.2, 0.25) is 0 Å². The van der Waals surface area contributed by atoms with E-state index in [1.54, 1.807) is 11.3 Å². The van der Waals surface area contributed by atoms with Crippen molar-refractivity contribution in [1.82, 2.24) is 15.5 Å². The van der Waals surface area contributed by atoms with E-state index in [1.165, 1.54) is 17.7 Å². The second-order valence-electron chi connectivity index (χ2n) is 5.46. The Morgan fingerprint density at radius 3 is 3.10 bits per heavy atom. The van der Waals surface area contributed by atoms with Gasteiger partial charge in [0.2, 0.25) is 5.89 Å². The highest BCUT2D eigenvalue weighted by molar-refractivity contribution is 7.09. The van der Waals surface area contributed by atoms with Crippen LogP contribution in [-0.4, -0.2) is 22.7 Å². The topological polar surface area (TPSA) is 51.0 Å². The van der Waals surface area contributed by atoms with E-state index >= 15 is 0 Å². The van der Waals surface area contributed by atoms with Crippen molar-refractivity contribution in [3.63, 3.8) is 0 Å². The van der Waals surface area contributed by atoms with Crippen LogP contribution in [0.15, 0.2) is 22.0 Å². The minimum Gasteiger partial charge on any atom is -0.339 e. The van der Waals surface area contributed by atoms with Crippen LogP contribution in [0.25, 0.3) is 0 Å². The summed E-state index contributed by atoms with van der Waals surface area (Å²) in [5, 5.41) is 9.78. The van der Waals surface area contributed by atoms with Gasteiger partial charge in [-0.1, -0.05) is 18.1 Å². The average molecular weight is 291 g/mol. The van der Waals surface area contributed by atoms with E-state index in [9.17, 15) is 0 Å². The predicted octanol–water partition coefficient (Wildman–Crippen LogP) is 3.04. The largest absolute Gasteiger partial charge is 0.339 e. The predicted molar refractivity (Wildman–Crippen MR) is 79.9 cm³/mol. The van der Waals surface area contributed by atoms with Crippen molar-refractivity contribution >= 4 is 11.3 Å². The van der Waals surface area contributed by atoms with Crippen LogP contribution in [0, 0.1) is 5.92 Å². The Labute approximate surface area is 123 Å². The van der Waals surface area contributed by atoms with Crippen LogP contribution in [0.4, 0.5) is 0 Å². The van der Waals surface area contributed by atoms with Crippen LogP contribution in [0.5, 0.6) is 0 Å². The number of thiophene rings is 1. The molecule has 1 aliphatic rings.